The fourth-order valence-corrected chi connectivity index (χ4v) is 1.55. The first kappa shape index (κ1) is 14.7. The van der Waals surface area contributed by atoms with Crippen molar-refractivity contribution in [2.45, 2.75) is 32.6 Å². The van der Waals surface area contributed by atoms with Gasteiger partial charge in [0.1, 0.15) is 0 Å². The van der Waals surface area contributed by atoms with Gasteiger partial charge in [-0.2, -0.15) is 0 Å². The summed E-state index contributed by atoms with van der Waals surface area (Å²) in [6.45, 7) is 3.98. The first-order valence-corrected chi connectivity index (χ1v) is 6.12. The van der Waals surface area contributed by atoms with Gasteiger partial charge in [-0.1, -0.05) is 19.8 Å². The van der Waals surface area contributed by atoms with Crippen molar-refractivity contribution >= 4 is 17.5 Å². The molecule has 0 saturated heterocycles. The number of unbranched alkanes of at least 4 members (excludes halogenated alkanes) is 2. The highest BCUT2D eigenvalue weighted by molar-refractivity contribution is 6.18. The quantitative estimate of drug-likeness (QED) is 0.453. The van der Waals surface area contributed by atoms with Gasteiger partial charge in [0.25, 0.3) is 0 Å². The van der Waals surface area contributed by atoms with Crippen LogP contribution in [0.15, 0.2) is 0 Å². The van der Waals surface area contributed by atoms with Crippen molar-refractivity contribution in [2.24, 2.45) is 0 Å². The van der Waals surface area contributed by atoms with E-state index in [1.807, 2.05) is 0 Å². The minimum absolute atomic E-state index is 0.196. The maximum absolute atomic E-state index is 11.7. The molecule has 4 heteroatoms. The molecule has 1 amide bonds. The average molecular weight is 236 g/mol. The van der Waals surface area contributed by atoms with Crippen LogP contribution in [0.4, 0.5) is 0 Å². The van der Waals surface area contributed by atoms with Gasteiger partial charge in [0, 0.05) is 32.5 Å². The van der Waals surface area contributed by atoms with Crippen molar-refractivity contribution in [1.82, 2.24) is 4.90 Å². The molecular weight excluding hydrogens is 214 g/mol. The Kier molecular flexibility index (Phi) is 10.1. The minimum atomic E-state index is 0.196. The Bertz CT molecular complexity index is 165. The zero-order valence-electron chi connectivity index (χ0n) is 9.80. The Hall–Kier alpha value is -0.280. The third-order valence-corrected chi connectivity index (χ3v) is 2.44. The van der Waals surface area contributed by atoms with E-state index in [0.717, 1.165) is 19.3 Å². The highest BCUT2D eigenvalue weighted by Gasteiger charge is 2.11. The van der Waals surface area contributed by atoms with Gasteiger partial charge in [-0.25, -0.2) is 0 Å². The molecular formula is C11H22ClNO2. The van der Waals surface area contributed by atoms with Crippen LogP contribution in [-0.2, 0) is 9.53 Å². The van der Waals surface area contributed by atoms with E-state index in [4.69, 9.17) is 16.3 Å². The molecule has 0 aromatic rings. The molecule has 0 aromatic heterocycles. The van der Waals surface area contributed by atoms with Gasteiger partial charge < -0.3 is 9.64 Å². The third kappa shape index (κ3) is 7.63. The summed E-state index contributed by atoms with van der Waals surface area (Å²) < 4.78 is 4.96. The average Bonchev–Trinajstić information content (AvgIpc) is 2.24. The van der Waals surface area contributed by atoms with Crippen LogP contribution in [0, 0.1) is 0 Å². The van der Waals surface area contributed by atoms with Crippen molar-refractivity contribution in [3.05, 3.63) is 0 Å². The predicted molar refractivity (Wildman–Crippen MR) is 63.3 cm³/mol. The van der Waals surface area contributed by atoms with Gasteiger partial charge in [-0.15, -0.1) is 11.6 Å². The maximum Gasteiger partial charge on any atom is 0.222 e. The van der Waals surface area contributed by atoms with Gasteiger partial charge in [-0.3, -0.25) is 4.79 Å². The molecule has 0 unspecified atom stereocenters. The fourth-order valence-electron chi connectivity index (χ4n) is 1.35. The third-order valence-electron chi connectivity index (χ3n) is 2.27. The zero-order chi connectivity index (χ0) is 11.5. The summed E-state index contributed by atoms with van der Waals surface area (Å²) >= 11 is 5.65. The number of amides is 1. The van der Waals surface area contributed by atoms with E-state index >= 15 is 0 Å². The van der Waals surface area contributed by atoms with E-state index in [1.165, 1.54) is 0 Å². The standard InChI is InChI=1S/C11H22ClNO2/c1-3-4-5-6-11(14)13(8-7-12)9-10-15-2/h3-10H2,1-2H3. The lowest BCUT2D eigenvalue weighted by atomic mass is 10.2. The van der Waals surface area contributed by atoms with E-state index in [-0.39, 0.29) is 5.91 Å². The first-order chi connectivity index (χ1) is 7.26. The Morgan fingerprint density at radius 3 is 2.60 bits per heavy atom. The van der Waals surface area contributed by atoms with Crippen LogP contribution in [0.2, 0.25) is 0 Å². The van der Waals surface area contributed by atoms with Gasteiger partial charge in [0.05, 0.1) is 6.61 Å². The van der Waals surface area contributed by atoms with Crippen molar-refractivity contribution < 1.29 is 9.53 Å². The van der Waals surface area contributed by atoms with Gasteiger partial charge in [0.2, 0.25) is 5.91 Å². The van der Waals surface area contributed by atoms with Crippen LogP contribution in [-0.4, -0.2) is 43.5 Å². The van der Waals surface area contributed by atoms with Crippen molar-refractivity contribution in [3.63, 3.8) is 0 Å². The van der Waals surface area contributed by atoms with Crippen LogP contribution in [0.1, 0.15) is 32.6 Å². The van der Waals surface area contributed by atoms with Gasteiger partial charge >= 0.3 is 0 Å². The Morgan fingerprint density at radius 2 is 2.07 bits per heavy atom. The topological polar surface area (TPSA) is 29.5 Å². The summed E-state index contributed by atoms with van der Waals surface area (Å²) in [6, 6.07) is 0. The Morgan fingerprint density at radius 1 is 1.33 bits per heavy atom. The minimum Gasteiger partial charge on any atom is -0.383 e. The summed E-state index contributed by atoms with van der Waals surface area (Å²) in [4.78, 5) is 13.5. The monoisotopic (exact) mass is 235 g/mol. The summed E-state index contributed by atoms with van der Waals surface area (Å²) in [7, 11) is 1.64. The highest BCUT2D eigenvalue weighted by atomic mass is 35.5. The molecule has 0 N–H and O–H groups in total. The number of hydrogen-bond acceptors (Lipinski definition) is 2. The Balaban J connectivity index is 3.81. The zero-order valence-corrected chi connectivity index (χ0v) is 10.6. The lowest BCUT2D eigenvalue weighted by Gasteiger charge is -2.21. The molecule has 90 valence electrons. The molecule has 0 saturated carbocycles. The molecule has 0 fully saturated rings. The number of nitrogens with zero attached hydrogens (tertiary/aromatic N) is 1. The smallest absolute Gasteiger partial charge is 0.222 e. The lowest BCUT2D eigenvalue weighted by Crippen LogP contribution is -2.35. The highest BCUT2D eigenvalue weighted by Crippen LogP contribution is 2.03. The summed E-state index contributed by atoms with van der Waals surface area (Å²) in [5, 5.41) is 0. The van der Waals surface area contributed by atoms with Crippen LogP contribution < -0.4 is 0 Å². The van der Waals surface area contributed by atoms with Crippen molar-refractivity contribution in [2.75, 3.05) is 32.7 Å². The molecule has 0 spiro atoms. The first-order valence-electron chi connectivity index (χ1n) is 5.59. The number of ether oxygens (including phenoxy) is 1. The number of rotatable bonds is 9. The van der Waals surface area contributed by atoms with Crippen LogP contribution >= 0.6 is 11.6 Å². The van der Waals surface area contributed by atoms with Crippen LogP contribution in [0.3, 0.4) is 0 Å². The van der Waals surface area contributed by atoms with Gasteiger partial charge in [-0.05, 0) is 6.42 Å². The number of carbonyl (C=O) groups excluding carboxylic acids is 1. The summed E-state index contributed by atoms with van der Waals surface area (Å²) in [5.41, 5.74) is 0. The molecule has 0 rings (SSSR count). The van der Waals surface area contributed by atoms with E-state index in [1.54, 1.807) is 12.0 Å². The van der Waals surface area contributed by atoms with E-state index in [2.05, 4.69) is 6.92 Å². The molecule has 15 heavy (non-hydrogen) atoms. The number of halogens is 1. The Labute approximate surface area is 97.7 Å². The number of hydrogen-bond donors (Lipinski definition) is 0. The molecule has 0 aromatic carbocycles. The number of carbonyl (C=O) groups is 1. The molecule has 3 nitrogen and oxygen atoms in total. The van der Waals surface area contributed by atoms with Crippen LogP contribution in [0.25, 0.3) is 0 Å². The summed E-state index contributed by atoms with van der Waals surface area (Å²) in [5.74, 6) is 0.685. The lowest BCUT2D eigenvalue weighted by molar-refractivity contribution is -0.131. The number of alkyl halides is 1. The van der Waals surface area contributed by atoms with E-state index in [9.17, 15) is 4.79 Å². The maximum atomic E-state index is 11.7. The largest absolute Gasteiger partial charge is 0.383 e. The van der Waals surface area contributed by atoms with Crippen molar-refractivity contribution in [1.29, 1.82) is 0 Å². The predicted octanol–water partition coefficient (Wildman–Crippen LogP) is 2.28. The molecule has 0 aliphatic rings. The van der Waals surface area contributed by atoms with E-state index < -0.39 is 0 Å². The molecule has 0 bridgehead atoms. The molecule has 0 heterocycles. The molecule has 0 aliphatic carbocycles. The normalized spacial score (nSPS) is 10.3. The fraction of sp³-hybridized carbons (Fsp3) is 0.909. The van der Waals surface area contributed by atoms with Gasteiger partial charge in [0.15, 0.2) is 0 Å². The number of methoxy groups -OCH3 is 1. The molecule has 0 atom stereocenters. The molecule has 0 aliphatic heterocycles. The second kappa shape index (κ2) is 10.2. The molecule has 0 radical (unpaired) electrons. The second-order valence-electron chi connectivity index (χ2n) is 3.52. The van der Waals surface area contributed by atoms with E-state index in [0.29, 0.717) is 32.0 Å². The van der Waals surface area contributed by atoms with Crippen molar-refractivity contribution in [3.8, 4) is 0 Å². The summed E-state index contributed by atoms with van der Waals surface area (Å²) in [6.07, 6.45) is 3.86. The van der Waals surface area contributed by atoms with Crippen LogP contribution in [0.5, 0.6) is 0 Å². The second-order valence-corrected chi connectivity index (χ2v) is 3.90. The SMILES string of the molecule is CCCCCC(=O)N(CCCl)CCOC.